The predicted octanol–water partition coefficient (Wildman–Crippen LogP) is 1.43. The molecule has 1 aromatic carbocycles. The Hall–Kier alpha value is -0.820. The normalized spacial score (nSPS) is 14.9. The van der Waals surface area contributed by atoms with Crippen LogP contribution in [0.4, 0.5) is 0 Å². The number of rotatable bonds is 5. The SMILES string of the molecule is C[C@@H](NC(=O)C(Cl)Cl)[C@H](O)c1ccc(S(C)(=O)=O)cc1. The Labute approximate surface area is 127 Å². The van der Waals surface area contributed by atoms with E-state index < -0.39 is 32.7 Å². The van der Waals surface area contributed by atoms with Crippen LogP contribution < -0.4 is 5.32 Å². The van der Waals surface area contributed by atoms with Crippen LogP contribution in [0.25, 0.3) is 0 Å². The lowest BCUT2D eigenvalue weighted by Crippen LogP contribution is -2.39. The molecule has 0 unspecified atom stereocenters. The second-order valence-electron chi connectivity index (χ2n) is 4.38. The maximum Gasteiger partial charge on any atom is 0.253 e. The lowest BCUT2D eigenvalue weighted by Gasteiger charge is -2.21. The molecule has 112 valence electrons. The van der Waals surface area contributed by atoms with Crippen LogP contribution >= 0.6 is 23.2 Å². The van der Waals surface area contributed by atoms with Crippen molar-refractivity contribution in [1.29, 1.82) is 0 Å². The minimum Gasteiger partial charge on any atom is -0.386 e. The standard InChI is InChI=1S/C12H15Cl2NO4S/c1-7(15-12(17)11(13)14)10(16)8-3-5-9(6-4-8)20(2,18)19/h3-7,10-11,16H,1-2H3,(H,15,17)/t7-,10+/m1/s1. The summed E-state index contributed by atoms with van der Waals surface area (Å²) in [6.07, 6.45) is 0.0992. The van der Waals surface area contributed by atoms with E-state index in [0.717, 1.165) is 6.26 Å². The Balaban J connectivity index is 2.82. The summed E-state index contributed by atoms with van der Waals surface area (Å²) in [5.74, 6) is -0.604. The third-order valence-electron chi connectivity index (χ3n) is 2.69. The van der Waals surface area contributed by atoms with Gasteiger partial charge < -0.3 is 10.4 Å². The van der Waals surface area contributed by atoms with Gasteiger partial charge in [0.1, 0.15) is 0 Å². The molecule has 0 aliphatic rings. The molecule has 0 aliphatic heterocycles. The molecule has 5 nitrogen and oxygen atoms in total. The summed E-state index contributed by atoms with van der Waals surface area (Å²) in [5, 5.41) is 12.5. The third-order valence-corrected chi connectivity index (χ3v) is 4.22. The van der Waals surface area contributed by atoms with Gasteiger partial charge in [-0.25, -0.2) is 8.42 Å². The smallest absolute Gasteiger partial charge is 0.253 e. The fourth-order valence-corrected chi connectivity index (χ4v) is 2.32. The van der Waals surface area contributed by atoms with E-state index in [4.69, 9.17) is 23.2 Å². The molecule has 1 rings (SSSR count). The first kappa shape index (κ1) is 17.2. The van der Waals surface area contributed by atoms with Crippen molar-refractivity contribution >= 4 is 38.9 Å². The molecule has 0 aliphatic carbocycles. The zero-order chi connectivity index (χ0) is 15.5. The summed E-state index contributed by atoms with van der Waals surface area (Å²) in [6, 6.07) is 5.15. The van der Waals surface area contributed by atoms with E-state index in [9.17, 15) is 18.3 Å². The van der Waals surface area contributed by atoms with Crippen molar-refractivity contribution in [2.75, 3.05) is 6.26 Å². The van der Waals surface area contributed by atoms with E-state index in [-0.39, 0.29) is 4.90 Å². The van der Waals surface area contributed by atoms with Crippen LogP contribution in [-0.2, 0) is 14.6 Å². The number of nitrogens with one attached hydrogen (secondary N) is 1. The fraction of sp³-hybridized carbons (Fsp3) is 0.417. The molecule has 0 saturated heterocycles. The zero-order valence-corrected chi connectivity index (χ0v) is 13.2. The molecule has 2 N–H and O–H groups in total. The monoisotopic (exact) mass is 339 g/mol. The van der Waals surface area contributed by atoms with Gasteiger partial charge in [0.15, 0.2) is 14.7 Å². The quantitative estimate of drug-likeness (QED) is 0.795. The van der Waals surface area contributed by atoms with E-state index in [1.54, 1.807) is 6.92 Å². The van der Waals surface area contributed by atoms with Crippen LogP contribution in [0.15, 0.2) is 29.2 Å². The van der Waals surface area contributed by atoms with Gasteiger partial charge in [0.05, 0.1) is 17.0 Å². The summed E-state index contributed by atoms with van der Waals surface area (Å²) < 4.78 is 22.6. The Bertz CT molecular complexity index is 572. The number of hydrogen-bond donors (Lipinski definition) is 2. The lowest BCUT2D eigenvalue weighted by molar-refractivity contribution is -0.120. The Morgan fingerprint density at radius 2 is 1.75 bits per heavy atom. The molecule has 2 atom stereocenters. The first-order valence-electron chi connectivity index (χ1n) is 5.69. The minimum atomic E-state index is -3.28. The number of aliphatic hydroxyl groups excluding tert-OH is 1. The molecule has 0 fully saturated rings. The van der Waals surface area contributed by atoms with Gasteiger partial charge in [0.2, 0.25) is 0 Å². The molecule has 0 aromatic heterocycles. The summed E-state index contributed by atoms with van der Waals surface area (Å²) in [7, 11) is -3.28. The predicted molar refractivity (Wildman–Crippen MR) is 77.6 cm³/mol. The summed E-state index contributed by atoms with van der Waals surface area (Å²) in [6.45, 7) is 1.59. The van der Waals surface area contributed by atoms with Crippen LogP contribution in [0.5, 0.6) is 0 Å². The van der Waals surface area contributed by atoms with Crippen molar-refractivity contribution < 1.29 is 18.3 Å². The first-order valence-corrected chi connectivity index (χ1v) is 8.46. The zero-order valence-electron chi connectivity index (χ0n) is 10.9. The highest BCUT2D eigenvalue weighted by Gasteiger charge is 2.21. The maximum atomic E-state index is 11.3. The van der Waals surface area contributed by atoms with Gasteiger partial charge in [-0.05, 0) is 24.6 Å². The number of carbonyl (C=O) groups excluding carboxylic acids is 1. The van der Waals surface area contributed by atoms with Crippen molar-refractivity contribution in [2.24, 2.45) is 0 Å². The van der Waals surface area contributed by atoms with Gasteiger partial charge in [0.25, 0.3) is 5.91 Å². The van der Waals surface area contributed by atoms with Crippen molar-refractivity contribution in [3.63, 3.8) is 0 Å². The molecule has 8 heteroatoms. The summed E-state index contributed by atoms with van der Waals surface area (Å²) in [5.41, 5.74) is 0.478. The minimum absolute atomic E-state index is 0.159. The van der Waals surface area contributed by atoms with Crippen molar-refractivity contribution in [1.82, 2.24) is 5.32 Å². The van der Waals surface area contributed by atoms with Gasteiger partial charge in [0, 0.05) is 6.26 Å². The summed E-state index contributed by atoms with van der Waals surface area (Å²) >= 11 is 10.8. The topological polar surface area (TPSA) is 83.5 Å². The molecule has 20 heavy (non-hydrogen) atoms. The molecule has 0 heterocycles. The van der Waals surface area contributed by atoms with Gasteiger partial charge in [-0.3, -0.25) is 4.79 Å². The number of amides is 1. The number of alkyl halides is 2. The van der Waals surface area contributed by atoms with Crippen molar-refractivity contribution in [2.45, 2.75) is 28.8 Å². The van der Waals surface area contributed by atoms with Crippen molar-refractivity contribution in [3.8, 4) is 0 Å². The average Bonchev–Trinajstić information content (AvgIpc) is 2.36. The largest absolute Gasteiger partial charge is 0.386 e. The number of halogens is 2. The second-order valence-corrected chi connectivity index (χ2v) is 7.50. The van der Waals surface area contributed by atoms with E-state index in [1.807, 2.05) is 0 Å². The van der Waals surface area contributed by atoms with Crippen LogP contribution in [-0.4, -0.2) is 36.6 Å². The maximum absolute atomic E-state index is 11.3. The molecule has 1 amide bonds. The van der Waals surface area contributed by atoms with E-state index in [0.29, 0.717) is 5.56 Å². The fourth-order valence-electron chi connectivity index (χ4n) is 1.57. The van der Waals surface area contributed by atoms with Gasteiger partial charge in [-0.15, -0.1) is 0 Å². The molecule has 0 spiro atoms. The van der Waals surface area contributed by atoms with Crippen molar-refractivity contribution in [3.05, 3.63) is 29.8 Å². The molecular weight excluding hydrogens is 325 g/mol. The Morgan fingerprint density at radius 1 is 1.25 bits per heavy atom. The third kappa shape index (κ3) is 4.63. The second kappa shape index (κ2) is 6.76. The Morgan fingerprint density at radius 3 is 2.15 bits per heavy atom. The van der Waals surface area contributed by atoms with Gasteiger partial charge in [-0.1, -0.05) is 35.3 Å². The van der Waals surface area contributed by atoms with E-state index >= 15 is 0 Å². The Kier molecular flexibility index (Phi) is 5.82. The first-order chi connectivity index (χ1) is 9.12. The average molecular weight is 340 g/mol. The number of hydrogen-bond acceptors (Lipinski definition) is 4. The van der Waals surface area contributed by atoms with Crippen LogP contribution in [0.3, 0.4) is 0 Å². The summed E-state index contributed by atoms with van der Waals surface area (Å²) in [4.78, 5) is 10.3. The number of sulfone groups is 1. The molecule has 0 bridgehead atoms. The van der Waals surface area contributed by atoms with Crippen LogP contribution in [0.2, 0.25) is 0 Å². The van der Waals surface area contributed by atoms with Crippen LogP contribution in [0.1, 0.15) is 18.6 Å². The highest BCUT2D eigenvalue weighted by Crippen LogP contribution is 2.19. The van der Waals surface area contributed by atoms with Crippen LogP contribution in [0, 0.1) is 0 Å². The molecule has 1 aromatic rings. The van der Waals surface area contributed by atoms with E-state index in [1.165, 1.54) is 24.3 Å². The van der Waals surface area contributed by atoms with E-state index in [2.05, 4.69) is 5.32 Å². The highest BCUT2D eigenvalue weighted by molar-refractivity contribution is 7.90. The number of benzene rings is 1. The van der Waals surface area contributed by atoms with Gasteiger partial charge in [-0.2, -0.15) is 0 Å². The molecule has 0 radical (unpaired) electrons. The molecule has 0 saturated carbocycles. The molecular formula is C12H15Cl2NO4S. The lowest BCUT2D eigenvalue weighted by atomic mass is 10.0. The highest BCUT2D eigenvalue weighted by atomic mass is 35.5. The number of carbonyl (C=O) groups is 1. The number of aliphatic hydroxyl groups is 1. The van der Waals surface area contributed by atoms with Gasteiger partial charge >= 0.3 is 0 Å².